The van der Waals surface area contributed by atoms with Crippen molar-refractivity contribution in [3.05, 3.63) is 200 Å². The molecular weight excluding hydrogens is 687 g/mol. The van der Waals surface area contributed by atoms with Gasteiger partial charge in [0.15, 0.2) is 0 Å². The number of thiophene rings is 1. The van der Waals surface area contributed by atoms with Gasteiger partial charge in [0.25, 0.3) is 0 Å². The fraction of sp³-hybridized carbons (Fsp3) is 0. The summed E-state index contributed by atoms with van der Waals surface area (Å²) in [7, 11) is 0. The lowest BCUT2D eigenvalue weighted by atomic mass is 9.97. The van der Waals surface area contributed by atoms with E-state index in [0.717, 1.165) is 50.1 Å². The smallest absolute Gasteiger partial charge is 0.136 e. The van der Waals surface area contributed by atoms with Gasteiger partial charge in [-0.3, -0.25) is 0 Å². The molecule has 0 saturated heterocycles. The number of fused-ring (bicyclic) bond motifs is 7. The highest BCUT2D eigenvalue weighted by molar-refractivity contribution is 7.26. The van der Waals surface area contributed by atoms with Crippen LogP contribution in [0.3, 0.4) is 0 Å². The topological polar surface area (TPSA) is 16.4 Å². The molecule has 2 heterocycles. The van der Waals surface area contributed by atoms with E-state index in [1.165, 1.54) is 53.2 Å². The third kappa shape index (κ3) is 5.48. The van der Waals surface area contributed by atoms with Crippen LogP contribution in [0.4, 0.5) is 17.1 Å². The zero-order valence-electron chi connectivity index (χ0n) is 29.8. The molecule has 11 aromatic rings. The minimum atomic E-state index is 0.906. The van der Waals surface area contributed by atoms with Gasteiger partial charge < -0.3 is 9.32 Å². The molecule has 0 spiro atoms. The maximum Gasteiger partial charge on any atom is 0.136 e. The highest BCUT2D eigenvalue weighted by Crippen LogP contribution is 2.45. The summed E-state index contributed by atoms with van der Waals surface area (Å²) in [6.07, 6.45) is 0. The van der Waals surface area contributed by atoms with Crippen molar-refractivity contribution >= 4 is 81.3 Å². The second-order valence-electron chi connectivity index (χ2n) is 14.1. The molecule has 0 aliphatic rings. The first-order chi connectivity index (χ1) is 27.2. The summed E-state index contributed by atoms with van der Waals surface area (Å²) in [6, 6.07) is 72.3. The van der Waals surface area contributed by atoms with Crippen molar-refractivity contribution in [3.8, 4) is 33.4 Å². The van der Waals surface area contributed by atoms with E-state index in [-0.39, 0.29) is 0 Å². The molecule has 55 heavy (non-hydrogen) atoms. The quantitative estimate of drug-likeness (QED) is 0.170. The summed E-state index contributed by atoms with van der Waals surface area (Å²) in [5.41, 5.74) is 12.3. The van der Waals surface area contributed by atoms with Crippen LogP contribution in [0, 0.1) is 0 Å². The Kier molecular flexibility index (Phi) is 7.39. The summed E-state index contributed by atoms with van der Waals surface area (Å²) < 4.78 is 8.81. The lowest BCUT2D eigenvalue weighted by Gasteiger charge is -2.27. The average molecular weight is 720 g/mol. The van der Waals surface area contributed by atoms with Gasteiger partial charge in [-0.2, -0.15) is 0 Å². The van der Waals surface area contributed by atoms with E-state index in [1.54, 1.807) is 0 Å². The zero-order chi connectivity index (χ0) is 36.3. The van der Waals surface area contributed by atoms with Crippen molar-refractivity contribution in [2.75, 3.05) is 4.90 Å². The average Bonchev–Trinajstić information content (AvgIpc) is 3.83. The van der Waals surface area contributed by atoms with Gasteiger partial charge in [-0.1, -0.05) is 127 Å². The van der Waals surface area contributed by atoms with Crippen LogP contribution in [0.25, 0.3) is 86.3 Å². The van der Waals surface area contributed by atoms with Crippen molar-refractivity contribution in [2.45, 2.75) is 0 Å². The van der Waals surface area contributed by atoms with E-state index in [9.17, 15) is 0 Å². The number of hydrogen-bond donors (Lipinski definition) is 0. The van der Waals surface area contributed by atoms with Crippen LogP contribution in [0.15, 0.2) is 205 Å². The van der Waals surface area contributed by atoms with E-state index in [4.69, 9.17) is 4.42 Å². The Balaban J connectivity index is 0.994. The van der Waals surface area contributed by atoms with Crippen LogP contribution in [-0.4, -0.2) is 0 Å². The molecule has 2 nitrogen and oxygen atoms in total. The maximum absolute atomic E-state index is 6.24. The lowest BCUT2D eigenvalue weighted by molar-refractivity contribution is 0.669. The molecule has 0 aliphatic carbocycles. The molecule has 0 amide bonds. The van der Waals surface area contributed by atoms with Gasteiger partial charge in [0.05, 0.1) is 5.69 Å². The van der Waals surface area contributed by atoms with Gasteiger partial charge in [-0.15, -0.1) is 11.3 Å². The van der Waals surface area contributed by atoms with Crippen molar-refractivity contribution < 1.29 is 4.42 Å². The third-order valence-corrected chi connectivity index (χ3v) is 12.0. The highest BCUT2D eigenvalue weighted by atomic mass is 32.1. The Labute approximate surface area is 322 Å². The number of benzene rings is 9. The van der Waals surface area contributed by atoms with E-state index in [1.807, 2.05) is 23.5 Å². The molecule has 2 aromatic heterocycles. The Morgan fingerprint density at radius 2 is 0.909 bits per heavy atom. The van der Waals surface area contributed by atoms with Gasteiger partial charge in [0.2, 0.25) is 0 Å². The summed E-state index contributed by atoms with van der Waals surface area (Å²) in [6.45, 7) is 0. The second-order valence-corrected chi connectivity index (χ2v) is 15.2. The number of nitrogens with zero attached hydrogens (tertiary/aromatic N) is 1. The minimum absolute atomic E-state index is 0.906. The van der Waals surface area contributed by atoms with Crippen LogP contribution in [0.2, 0.25) is 0 Å². The number of anilines is 3. The molecule has 0 fully saturated rings. The van der Waals surface area contributed by atoms with Crippen LogP contribution in [-0.2, 0) is 0 Å². The summed E-state index contributed by atoms with van der Waals surface area (Å²) in [5.74, 6) is 0. The summed E-state index contributed by atoms with van der Waals surface area (Å²) >= 11 is 1.85. The molecule has 9 aromatic carbocycles. The highest BCUT2D eigenvalue weighted by Gasteiger charge is 2.19. The van der Waals surface area contributed by atoms with Gasteiger partial charge in [0.1, 0.15) is 11.2 Å². The molecule has 3 heteroatoms. The summed E-state index contributed by atoms with van der Waals surface area (Å²) in [5, 5.41) is 7.35. The normalized spacial score (nSPS) is 11.6. The first kappa shape index (κ1) is 31.6. The van der Waals surface area contributed by atoms with E-state index < -0.39 is 0 Å². The Morgan fingerprint density at radius 3 is 1.71 bits per heavy atom. The number of rotatable bonds is 6. The van der Waals surface area contributed by atoms with Crippen LogP contribution >= 0.6 is 11.3 Å². The minimum Gasteiger partial charge on any atom is -0.456 e. The van der Waals surface area contributed by atoms with E-state index in [2.05, 4.69) is 193 Å². The second kappa shape index (κ2) is 12.9. The number of furan rings is 1. The third-order valence-electron chi connectivity index (χ3n) is 10.9. The standard InChI is InChI=1S/C52H33NOS/c1-2-10-37-32-40(20-19-34(37)9-1)39-12-7-11-38(31-39)35-21-26-42(27-22-35)53(47-15-8-18-51-52(47)46-14-4-6-17-50(46)55-51)43-28-23-36(24-29-43)41-25-30-45-44-13-3-5-16-48(44)54-49(45)33-41/h1-33H. The molecule has 0 saturated carbocycles. The molecule has 0 atom stereocenters. The lowest BCUT2D eigenvalue weighted by Crippen LogP contribution is -2.10. The molecule has 11 rings (SSSR count). The number of para-hydroxylation sites is 1. The van der Waals surface area contributed by atoms with Gasteiger partial charge in [-0.05, 0) is 117 Å². The predicted octanol–water partition coefficient (Wildman–Crippen LogP) is 15.6. The Hall–Kier alpha value is -6.94. The van der Waals surface area contributed by atoms with Crippen LogP contribution < -0.4 is 4.90 Å². The zero-order valence-corrected chi connectivity index (χ0v) is 30.6. The molecule has 0 radical (unpaired) electrons. The first-order valence-corrected chi connectivity index (χ1v) is 19.5. The van der Waals surface area contributed by atoms with Gasteiger partial charge in [0, 0.05) is 42.3 Å². The summed E-state index contributed by atoms with van der Waals surface area (Å²) in [4.78, 5) is 2.41. The molecule has 0 unspecified atom stereocenters. The SMILES string of the molecule is c1cc(-c2ccc(N(c3ccc(-c4ccc5c(c4)oc4ccccc45)cc3)c3cccc4sc5ccccc5c34)cc2)cc(-c2ccc3ccccc3c2)c1. The monoisotopic (exact) mass is 719 g/mol. The van der Waals surface area contributed by atoms with Gasteiger partial charge >= 0.3 is 0 Å². The van der Waals surface area contributed by atoms with Crippen molar-refractivity contribution in [1.29, 1.82) is 0 Å². The Morgan fingerprint density at radius 1 is 0.345 bits per heavy atom. The maximum atomic E-state index is 6.24. The predicted molar refractivity (Wildman–Crippen MR) is 235 cm³/mol. The van der Waals surface area contributed by atoms with Crippen LogP contribution in [0.1, 0.15) is 0 Å². The molecule has 0 aliphatic heterocycles. The first-order valence-electron chi connectivity index (χ1n) is 18.7. The molecule has 0 N–H and O–H groups in total. The van der Waals surface area contributed by atoms with E-state index >= 15 is 0 Å². The van der Waals surface area contributed by atoms with Crippen molar-refractivity contribution in [1.82, 2.24) is 0 Å². The largest absolute Gasteiger partial charge is 0.456 e. The van der Waals surface area contributed by atoms with Crippen molar-refractivity contribution in [3.63, 3.8) is 0 Å². The number of hydrogen-bond acceptors (Lipinski definition) is 3. The van der Waals surface area contributed by atoms with Crippen LogP contribution in [0.5, 0.6) is 0 Å². The fourth-order valence-electron chi connectivity index (χ4n) is 8.13. The molecular formula is C52H33NOS. The molecule has 0 bridgehead atoms. The fourth-order valence-corrected chi connectivity index (χ4v) is 9.25. The Bertz CT molecular complexity index is 3210. The van der Waals surface area contributed by atoms with E-state index in [0.29, 0.717) is 0 Å². The molecule has 258 valence electrons. The van der Waals surface area contributed by atoms with Crippen molar-refractivity contribution in [2.24, 2.45) is 0 Å². The van der Waals surface area contributed by atoms with Gasteiger partial charge in [-0.25, -0.2) is 0 Å².